The van der Waals surface area contributed by atoms with Crippen molar-refractivity contribution in [2.24, 2.45) is 0 Å². The second-order valence-corrected chi connectivity index (χ2v) is 7.34. The predicted molar refractivity (Wildman–Crippen MR) is 105 cm³/mol. The summed E-state index contributed by atoms with van der Waals surface area (Å²) < 4.78 is 0. The molecule has 0 aromatic carbocycles. The molecule has 0 saturated carbocycles. The van der Waals surface area contributed by atoms with Crippen LogP contribution in [0.1, 0.15) is 129 Å². The minimum absolute atomic E-state index is 0.218. The van der Waals surface area contributed by atoms with Crippen LogP contribution in [0.2, 0.25) is 0 Å². The second kappa shape index (κ2) is 20.0. The van der Waals surface area contributed by atoms with Crippen molar-refractivity contribution in [2.75, 3.05) is 0 Å². The van der Waals surface area contributed by atoms with Gasteiger partial charge in [0.15, 0.2) is 0 Å². The number of nitrogens with one attached hydrogen (secondary N) is 1. The highest BCUT2D eigenvalue weighted by Gasteiger charge is 2.03. The molecule has 140 valence electrons. The van der Waals surface area contributed by atoms with E-state index in [-0.39, 0.29) is 6.04 Å². The molecule has 0 aromatic rings. The summed E-state index contributed by atoms with van der Waals surface area (Å²) in [6.45, 7) is 4.53. The first-order valence-electron chi connectivity index (χ1n) is 10.7. The zero-order valence-corrected chi connectivity index (χ0v) is 16.2. The van der Waals surface area contributed by atoms with Crippen LogP contribution in [0, 0.1) is 5.21 Å². The Morgan fingerprint density at radius 1 is 0.522 bits per heavy atom. The van der Waals surface area contributed by atoms with E-state index >= 15 is 0 Å². The molecule has 0 unspecified atom stereocenters. The molecule has 0 amide bonds. The Kier molecular flexibility index (Phi) is 19.9. The van der Waals surface area contributed by atoms with Crippen molar-refractivity contribution in [1.29, 1.82) is 0 Å². The maximum atomic E-state index is 11.1. The maximum absolute atomic E-state index is 11.1. The topological polar surface area (TPSA) is 35.1 Å². The van der Waals surface area contributed by atoms with E-state index in [1.165, 1.54) is 103 Å². The van der Waals surface area contributed by atoms with Crippen LogP contribution in [0.4, 0.5) is 0 Å². The monoisotopic (exact) mass is 326 g/mol. The average Bonchev–Trinajstić information content (AvgIpc) is 2.57. The van der Waals surface area contributed by atoms with Gasteiger partial charge in [0.2, 0.25) is 0 Å². The molecule has 0 spiro atoms. The molecule has 0 bridgehead atoms. The fourth-order valence-corrected chi connectivity index (χ4v) is 3.31. The number of unbranched alkanes of at least 4 members (excludes halogenated alkanes) is 14. The molecule has 0 aliphatic heterocycles. The van der Waals surface area contributed by atoms with Gasteiger partial charge in [-0.2, -0.15) is 0 Å². The molecule has 0 atom stereocenters. The van der Waals surface area contributed by atoms with E-state index in [1.54, 1.807) is 0 Å². The molecule has 23 heavy (non-hydrogen) atoms. The zero-order chi connectivity index (χ0) is 17.0. The Bertz CT molecular complexity index is 188. The minimum Gasteiger partial charge on any atom is -0.788 e. The fourth-order valence-electron chi connectivity index (χ4n) is 3.31. The van der Waals surface area contributed by atoms with E-state index in [4.69, 9.17) is 0 Å². The summed E-state index contributed by atoms with van der Waals surface area (Å²) >= 11 is 0. The summed E-state index contributed by atoms with van der Waals surface area (Å²) in [4.78, 5) is 0. The summed E-state index contributed by atoms with van der Waals surface area (Å²) in [7, 11) is 0. The first-order chi connectivity index (χ1) is 11.3. The highest BCUT2D eigenvalue weighted by Crippen LogP contribution is 2.15. The van der Waals surface area contributed by atoms with Crippen LogP contribution in [0.25, 0.3) is 0 Å². The lowest BCUT2D eigenvalue weighted by molar-refractivity contribution is 0.445. The van der Waals surface area contributed by atoms with Crippen LogP contribution in [0.15, 0.2) is 0 Å². The molecule has 1 N–H and O–H groups in total. The number of rotatable bonds is 19. The smallest absolute Gasteiger partial charge is 0.00510 e. The normalized spacial score (nSPS) is 11.5. The lowest BCUT2D eigenvalue weighted by Crippen LogP contribution is -2.23. The summed E-state index contributed by atoms with van der Waals surface area (Å²) in [5.74, 6) is 0. The zero-order valence-electron chi connectivity index (χ0n) is 16.2. The van der Waals surface area contributed by atoms with Crippen LogP contribution in [-0.4, -0.2) is 6.04 Å². The Labute approximate surface area is 146 Å². The first kappa shape index (κ1) is 22.9. The highest BCUT2D eigenvalue weighted by molar-refractivity contribution is 4.67. The minimum atomic E-state index is 0.218. The van der Waals surface area contributed by atoms with Gasteiger partial charge < -0.3 is 10.7 Å². The van der Waals surface area contributed by atoms with E-state index in [0.717, 1.165) is 12.8 Å². The lowest BCUT2D eigenvalue weighted by atomic mass is 10.0. The third kappa shape index (κ3) is 18.1. The molecular weight excluding hydrogens is 282 g/mol. The standard InChI is InChI=1S/C21H44NO/c1-3-5-7-9-11-13-15-17-19-21(22-23)20-18-16-14-12-10-8-6-4-2/h21-22H,3-20H2,1-2H3/q-1. The van der Waals surface area contributed by atoms with Crippen molar-refractivity contribution < 1.29 is 0 Å². The Morgan fingerprint density at radius 3 is 1.13 bits per heavy atom. The Hall–Kier alpha value is -0.0800. The molecular formula is C21H44NO-. The quantitative estimate of drug-likeness (QED) is 0.197. The van der Waals surface area contributed by atoms with Crippen molar-refractivity contribution in [3.8, 4) is 0 Å². The summed E-state index contributed by atoms with van der Waals surface area (Å²) in [6.07, 6.45) is 23.7. The molecule has 0 radical (unpaired) electrons. The van der Waals surface area contributed by atoms with Crippen LogP contribution in [0.3, 0.4) is 0 Å². The van der Waals surface area contributed by atoms with Gasteiger partial charge in [0.05, 0.1) is 0 Å². The lowest BCUT2D eigenvalue weighted by Gasteiger charge is -2.22. The molecule has 0 aliphatic carbocycles. The third-order valence-electron chi connectivity index (χ3n) is 4.98. The average molecular weight is 327 g/mol. The number of hydrogen-bond donors (Lipinski definition) is 1. The van der Waals surface area contributed by atoms with Gasteiger partial charge in [-0.25, -0.2) is 0 Å². The van der Waals surface area contributed by atoms with Crippen molar-refractivity contribution in [3.63, 3.8) is 0 Å². The fraction of sp³-hybridized carbons (Fsp3) is 1.00. The first-order valence-corrected chi connectivity index (χ1v) is 10.7. The predicted octanol–water partition coefficient (Wildman–Crippen LogP) is 7.50. The van der Waals surface area contributed by atoms with Gasteiger partial charge in [-0.05, 0) is 18.9 Å². The number of hydrogen-bond acceptors (Lipinski definition) is 2. The van der Waals surface area contributed by atoms with Crippen molar-refractivity contribution in [1.82, 2.24) is 5.48 Å². The Morgan fingerprint density at radius 2 is 0.826 bits per heavy atom. The summed E-state index contributed by atoms with van der Waals surface area (Å²) in [6, 6.07) is 0.218. The van der Waals surface area contributed by atoms with E-state index in [9.17, 15) is 5.21 Å². The van der Waals surface area contributed by atoms with Crippen molar-refractivity contribution >= 4 is 0 Å². The second-order valence-electron chi connectivity index (χ2n) is 7.34. The molecule has 0 saturated heterocycles. The maximum Gasteiger partial charge on any atom is -0.00510 e. The van der Waals surface area contributed by atoms with Gasteiger partial charge in [-0.15, -0.1) is 0 Å². The van der Waals surface area contributed by atoms with Gasteiger partial charge in [0.25, 0.3) is 0 Å². The molecule has 2 nitrogen and oxygen atoms in total. The van der Waals surface area contributed by atoms with E-state index < -0.39 is 0 Å². The Balaban J connectivity index is 3.29. The summed E-state index contributed by atoms with van der Waals surface area (Å²) in [5, 5.41) is 11.1. The number of hydroxylamine groups is 1. The largest absolute Gasteiger partial charge is 0.788 e. The van der Waals surface area contributed by atoms with Crippen LogP contribution in [-0.2, 0) is 0 Å². The summed E-state index contributed by atoms with van der Waals surface area (Å²) in [5.41, 5.74) is 2.29. The van der Waals surface area contributed by atoms with Crippen LogP contribution < -0.4 is 5.48 Å². The van der Waals surface area contributed by atoms with E-state index in [0.29, 0.717) is 0 Å². The molecule has 0 aromatic heterocycles. The van der Waals surface area contributed by atoms with Crippen LogP contribution >= 0.6 is 0 Å². The van der Waals surface area contributed by atoms with Gasteiger partial charge >= 0.3 is 0 Å². The molecule has 0 fully saturated rings. The molecule has 0 aliphatic rings. The van der Waals surface area contributed by atoms with Crippen LogP contribution in [0.5, 0.6) is 0 Å². The van der Waals surface area contributed by atoms with Gasteiger partial charge in [-0.3, -0.25) is 0 Å². The molecule has 0 rings (SSSR count). The van der Waals surface area contributed by atoms with Gasteiger partial charge in [0, 0.05) is 0 Å². The molecule has 0 heterocycles. The van der Waals surface area contributed by atoms with Crippen molar-refractivity contribution in [2.45, 2.75) is 135 Å². The van der Waals surface area contributed by atoms with Gasteiger partial charge in [0.1, 0.15) is 0 Å². The van der Waals surface area contributed by atoms with E-state index in [2.05, 4.69) is 19.3 Å². The van der Waals surface area contributed by atoms with Crippen molar-refractivity contribution in [3.05, 3.63) is 5.21 Å². The molecule has 2 heteroatoms. The third-order valence-corrected chi connectivity index (χ3v) is 4.98. The van der Waals surface area contributed by atoms with Gasteiger partial charge in [-0.1, -0.05) is 117 Å². The SMILES string of the molecule is CCCCCCCCCCC(CCCCCCCCCC)N[O-]. The van der Waals surface area contributed by atoms with E-state index in [1.807, 2.05) is 0 Å². The highest BCUT2D eigenvalue weighted by atomic mass is 16.5.